The predicted molar refractivity (Wildman–Crippen MR) is 59.9 cm³/mol. The van der Waals surface area contributed by atoms with Crippen LogP contribution in [0.5, 0.6) is 0 Å². The summed E-state index contributed by atoms with van der Waals surface area (Å²) in [5.74, 6) is 1.74. The number of halogens is 1. The van der Waals surface area contributed by atoms with E-state index in [0.717, 1.165) is 36.0 Å². The van der Waals surface area contributed by atoms with Crippen LogP contribution in [0, 0.1) is 0 Å². The first-order valence-corrected chi connectivity index (χ1v) is 6.32. The predicted octanol–water partition coefficient (Wildman–Crippen LogP) is 2.60. The lowest BCUT2D eigenvalue weighted by molar-refractivity contribution is -0.111. The van der Waals surface area contributed by atoms with Crippen molar-refractivity contribution in [1.29, 1.82) is 0 Å². The molecule has 0 aromatic carbocycles. The van der Waals surface area contributed by atoms with Crippen LogP contribution < -0.4 is 0 Å². The van der Waals surface area contributed by atoms with E-state index in [1.807, 2.05) is 0 Å². The van der Waals surface area contributed by atoms with Gasteiger partial charge in [-0.15, -0.1) is 0 Å². The molecule has 2 heterocycles. The molecule has 3 nitrogen and oxygen atoms in total. The molecule has 0 radical (unpaired) electrons. The van der Waals surface area contributed by atoms with Crippen LogP contribution in [0.4, 0.5) is 0 Å². The van der Waals surface area contributed by atoms with Crippen LogP contribution in [0.15, 0.2) is 4.60 Å². The summed E-state index contributed by atoms with van der Waals surface area (Å²) in [6.45, 7) is 0. The van der Waals surface area contributed by atoms with Gasteiger partial charge in [0.1, 0.15) is 16.7 Å². The van der Waals surface area contributed by atoms with E-state index in [-0.39, 0.29) is 6.04 Å². The van der Waals surface area contributed by atoms with Crippen molar-refractivity contribution in [3.63, 3.8) is 0 Å². The molecule has 4 heteroatoms. The fraction of sp³-hybridized carbons (Fsp3) is 0.636. The second-order valence-corrected chi connectivity index (χ2v) is 5.20. The van der Waals surface area contributed by atoms with Crippen molar-refractivity contribution >= 4 is 22.2 Å². The zero-order chi connectivity index (χ0) is 10.4. The van der Waals surface area contributed by atoms with E-state index in [0.29, 0.717) is 5.92 Å². The van der Waals surface area contributed by atoms with Crippen molar-refractivity contribution < 1.29 is 4.79 Å². The number of imidazole rings is 1. The van der Waals surface area contributed by atoms with Crippen LogP contribution in [0.3, 0.4) is 0 Å². The summed E-state index contributed by atoms with van der Waals surface area (Å²) in [6.07, 6.45) is 6.65. The minimum Gasteiger partial charge on any atom is -0.320 e. The monoisotopic (exact) mass is 268 g/mol. The summed E-state index contributed by atoms with van der Waals surface area (Å²) < 4.78 is 3.13. The average Bonchev–Trinajstić information content (AvgIpc) is 3.04. The van der Waals surface area contributed by atoms with Gasteiger partial charge in [0, 0.05) is 5.92 Å². The van der Waals surface area contributed by atoms with Gasteiger partial charge in [0.05, 0.1) is 11.7 Å². The molecule has 15 heavy (non-hydrogen) atoms. The maximum Gasteiger partial charge on any atom is 0.142 e. The third-order valence-electron chi connectivity index (χ3n) is 3.33. The molecule has 80 valence electrons. The Balaban J connectivity index is 2.12. The Kier molecular flexibility index (Phi) is 2.20. The van der Waals surface area contributed by atoms with Crippen molar-refractivity contribution in [2.24, 2.45) is 0 Å². The van der Waals surface area contributed by atoms with Crippen LogP contribution in [0.2, 0.25) is 0 Å². The molecule has 1 aromatic rings. The lowest BCUT2D eigenvalue weighted by Gasteiger charge is -2.23. The zero-order valence-corrected chi connectivity index (χ0v) is 10.0. The van der Waals surface area contributed by atoms with Gasteiger partial charge in [0.2, 0.25) is 0 Å². The molecule has 2 aliphatic rings. The van der Waals surface area contributed by atoms with E-state index in [9.17, 15) is 4.79 Å². The molecule has 0 amide bonds. The molecular formula is C11H13BrN2O. The summed E-state index contributed by atoms with van der Waals surface area (Å²) in [6, 6.07) is 0.0307. The first-order chi connectivity index (χ1) is 7.31. The standard InChI is InChI=1S/C11H13BrN2O/c12-10-9-3-1-2-8(6-15)14(9)11(13-10)7-4-5-7/h6-8H,1-5H2. The van der Waals surface area contributed by atoms with Gasteiger partial charge in [-0.3, -0.25) is 0 Å². The van der Waals surface area contributed by atoms with Crippen molar-refractivity contribution in [2.45, 2.75) is 44.1 Å². The minimum absolute atomic E-state index is 0.0307. The van der Waals surface area contributed by atoms with Crippen LogP contribution in [-0.4, -0.2) is 15.8 Å². The minimum atomic E-state index is 0.0307. The highest BCUT2D eigenvalue weighted by atomic mass is 79.9. The van der Waals surface area contributed by atoms with Gasteiger partial charge in [-0.05, 0) is 48.0 Å². The normalized spacial score (nSPS) is 25.0. The van der Waals surface area contributed by atoms with E-state index in [1.165, 1.54) is 18.5 Å². The van der Waals surface area contributed by atoms with E-state index >= 15 is 0 Å². The largest absolute Gasteiger partial charge is 0.320 e. The Hall–Kier alpha value is -0.640. The second-order valence-electron chi connectivity index (χ2n) is 4.45. The molecule has 1 aliphatic carbocycles. The molecule has 0 N–H and O–H groups in total. The number of hydrogen-bond donors (Lipinski definition) is 0. The number of aldehydes is 1. The molecule has 3 rings (SSSR count). The molecule has 1 saturated carbocycles. The second kappa shape index (κ2) is 3.44. The summed E-state index contributed by atoms with van der Waals surface area (Å²) >= 11 is 3.51. The van der Waals surface area contributed by atoms with E-state index in [4.69, 9.17) is 0 Å². The molecular weight excluding hydrogens is 256 g/mol. The van der Waals surface area contributed by atoms with E-state index < -0.39 is 0 Å². The van der Waals surface area contributed by atoms with Crippen LogP contribution >= 0.6 is 15.9 Å². The Morgan fingerprint density at radius 3 is 2.87 bits per heavy atom. The summed E-state index contributed by atoms with van der Waals surface area (Å²) in [4.78, 5) is 15.6. The number of aromatic nitrogens is 2. The van der Waals surface area contributed by atoms with E-state index in [1.54, 1.807) is 0 Å². The van der Waals surface area contributed by atoms with Crippen molar-refractivity contribution in [3.8, 4) is 0 Å². The average molecular weight is 269 g/mol. The summed E-state index contributed by atoms with van der Waals surface area (Å²) in [5, 5.41) is 0. The highest BCUT2D eigenvalue weighted by molar-refractivity contribution is 9.10. The lowest BCUT2D eigenvalue weighted by atomic mass is 10.0. The maximum atomic E-state index is 11.1. The Bertz CT molecular complexity index is 409. The van der Waals surface area contributed by atoms with E-state index in [2.05, 4.69) is 25.5 Å². The Labute approximate surface area is 97.0 Å². The summed E-state index contributed by atoms with van der Waals surface area (Å²) in [5.41, 5.74) is 1.22. The first-order valence-electron chi connectivity index (χ1n) is 5.53. The number of carbonyl (C=O) groups excluding carboxylic acids is 1. The van der Waals surface area contributed by atoms with Gasteiger partial charge in [0.15, 0.2) is 0 Å². The lowest BCUT2D eigenvalue weighted by Crippen LogP contribution is -2.20. The Morgan fingerprint density at radius 2 is 2.20 bits per heavy atom. The highest BCUT2D eigenvalue weighted by Gasteiger charge is 2.34. The highest BCUT2D eigenvalue weighted by Crippen LogP contribution is 2.43. The molecule has 1 atom stereocenters. The van der Waals surface area contributed by atoms with Crippen molar-refractivity contribution in [1.82, 2.24) is 9.55 Å². The van der Waals surface area contributed by atoms with Crippen molar-refractivity contribution in [3.05, 3.63) is 16.1 Å². The van der Waals surface area contributed by atoms with Gasteiger partial charge in [0.25, 0.3) is 0 Å². The van der Waals surface area contributed by atoms with Gasteiger partial charge < -0.3 is 9.36 Å². The molecule has 1 fully saturated rings. The molecule has 1 aliphatic heterocycles. The number of fused-ring (bicyclic) bond motifs is 1. The summed E-state index contributed by atoms with van der Waals surface area (Å²) in [7, 11) is 0. The smallest absolute Gasteiger partial charge is 0.142 e. The fourth-order valence-corrected chi connectivity index (χ4v) is 2.99. The topological polar surface area (TPSA) is 34.9 Å². The van der Waals surface area contributed by atoms with Gasteiger partial charge in [-0.1, -0.05) is 0 Å². The van der Waals surface area contributed by atoms with Gasteiger partial charge in [-0.2, -0.15) is 0 Å². The maximum absolute atomic E-state index is 11.1. The molecule has 0 bridgehead atoms. The SMILES string of the molecule is O=CC1CCCc2c(Br)nc(C3CC3)n21. The van der Waals surface area contributed by atoms with Crippen LogP contribution in [-0.2, 0) is 11.2 Å². The third kappa shape index (κ3) is 1.46. The number of carbonyl (C=O) groups is 1. The van der Waals surface area contributed by atoms with Crippen molar-refractivity contribution in [2.75, 3.05) is 0 Å². The fourth-order valence-electron chi connectivity index (χ4n) is 2.42. The third-order valence-corrected chi connectivity index (χ3v) is 3.97. The number of nitrogens with zero attached hydrogens (tertiary/aromatic N) is 2. The van der Waals surface area contributed by atoms with Gasteiger partial charge >= 0.3 is 0 Å². The molecule has 0 saturated heterocycles. The van der Waals surface area contributed by atoms with Gasteiger partial charge in [-0.25, -0.2) is 4.98 Å². The van der Waals surface area contributed by atoms with Crippen LogP contribution in [0.1, 0.15) is 49.2 Å². The number of hydrogen-bond acceptors (Lipinski definition) is 2. The molecule has 1 unspecified atom stereocenters. The quantitative estimate of drug-likeness (QED) is 0.773. The molecule has 1 aromatic heterocycles. The number of rotatable bonds is 2. The van der Waals surface area contributed by atoms with Crippen LogP contribution in [0.25, 0.3) is 0 Å². The zero-order valence-electron chi connectivity index (χ0n) is 8.45. The molecule has 0 spiro atoms. The Morgan fingerprint density at radius 1 is 1.40 bits per heavy atom. The first kappa shape index (κ1) is 9.58.